The summed E-state index contributed by atoms with van der Waals surface area (Å²) in [5.41, 5.74) is 0.212. The Labute approximate surface area is 112 Å². The Balaban J connectivity index is 2.35. The first-order valence-electron chi connectivity index (χ1n) is 5.90. The summed E-state index contributed by atoms with van der Waals surface area (Å²) in [5, 5.41) is 9.41. The molecule has 0 aliphatic carbocycles. The molecule has 0 radical (unpaired) electrons. The van der Waals surface area contributed by atoms with Gasteiger partial charge in [0.15, 0.2) is 0 Å². The van der Waals surface area contributed by atoms with Gasteiger partial charge in [-0.1, -0.05) is 11.6 Å². The Hall–Kier alpha value is -1.31. The Morgan fingerprint density at radius 1 is 1.61 bits per heavy atom. The van der Waals surface area contributed by atoms with Crippen LogP contribution in [0.25, 0.3) is 0 Å². The lowest BCUT2D eigenvalue weighted by Gasteiger charge is -2.42. The van der Waals surface area contributed by atoms with Gasteiger partial charge in [-0.3, -0.25) is 0 Å². The molecule has 1 aromatic rings. The van der Waals surface area contributed by atoms with E-state index in [1.165, 1.54) is 0 Å². The molecule has 2 rings (SSSR count). The summed E-state index contributed by atoms with van der Waals surface area (Å²) in [4.78, 5) is 6.38. The molecular formula is C13H16ClN3O. The molecule has 0 saturated carbocycles. The first kappa shape index (κ1) is 13.1. The highest BCUT2D eigenvalue weighted by Gasteiger charge is 2.33. The Morgan fingerprint density at radius 2 is 2.33 bits per heavy atom. The third kappa shape index (κ3) is 2.58. The maximum Gasteiger partial charge on any atom is 0.148 e. The number of hydrogen-bond acceptors (Lipinski definition) is 4. The quantitative estimate of drug-likeness (QED) is 0.783. The van der Waals surface area contributed by atoms with Crippen molar-refractivity contribution in [1.82, 2.24) is 4.98 Å². The van der Waals surface area contributed by atoms with Crippen LogP contribution >= 0.6 is 11.6 Å². The van der Waals surface area contributed by atoms with E-state index in [-0.39, 0.29) is 11.7 Å². The van der Waals surface area contributed by atoms with Gasteiger partial charge in [0.1, 0.15) is 16.9 Å². The number of anilines is 1. The van der Waals surface area contributed by atoms with Crippen molar-refractivity contribution >= 4 is 17.4 Å². The number of aromatic nitrogens is 1. The zero-order valence-corrected chi connectivity index (χ0v) is 11.5. The number of rotatable bonds is 1. The molecule has 1 aliphatic heterocycles. The fourth-order valence-electron chi connectivity index (χ4n) is 2.35. The minimum absolute atomic E-state index is 0.109. The largest absolute Gasteiger partial charge is 0.369 e. The number of morpholine rings is 1. The van der Waals surface area contributed by atoms with Crippen LogP contribution in [0.15, 0.2) is 12.3 Å². The molecule has 1 atom stereocenters. The lowest BCUT2D eigenvalue weighted by Crippen LogP contribution is -2.52. The van der Waals surface area contributed by atoms with Crippen LogP contribution in [0.3, 0.4) is 0 Å². The van der Waals surface area contributed by atoms with Crippen molar-refractivity contribution in [3.63, 3.8) is 0 Å². The zero-order chi connectivity index (χ0) is 13.3. The van der Waals surface area contributed by atoms with E-state index >= 15 is 0 Å². The van der Waals surface area contributed by atoms with Gasteiger partial charge in [-0.2, -0.15) is 5.26 Å². The van der Waals surface area contributed by atoms with E-state index in [1.54, 1.807) is 12.3 Å². The summed E-state index contributed by atoms with van der Waals surface area (Å²) in [6.45, 7) is 7.54. The number of ether oxygens (including phenoxy) is 1. The fraction of sp³-hybridized carbons (Fsp3) is 0.538. The Kier molecular flexibility index (Phi) is 3.47. The second-order valence-electron chi connectivity index (χ2n) is 5.18. The molecule has 0 bridgehead atoms. The van der Waals surface area contributed by atoms with Crippen molar-refractivity contribution in [1.29, 1.82) is 5.26 Å². The van der Waals surface area contributed by atoms with Crippen molar-refractivity contribution in [3.8, 4) is 6.07 Å². The highest BCUT2D eigenvalue weighted by molar-refractivity contribution is 6.34. The van der Waals surface area contributed by atoms with E-state index in [0.717, 1.165) is 6.54 Å². The van der Waals surface area contributed by atoms with Crippen molar-refractivity contribution in [2.45, 2.75) is 32.5 Å². The maximum absolute atomic E-state index is 8.99. The normalized spacial score (nSPS) is 22.6. The monoisotopic (exact) mass is 265 g/mol. The second kappa shape index (κ2) is 4.75. The Bertz CT molecular complexity index is 495. The standard InChI is InChI=1S/C13H16ClN3O/c1-9-7-17(8-13(2,3)18-9)12-11(14)10(6-15)4-5-16-12/h4-5,9H,7-8H2,1-3H3. The van der Waals surface area contributed by atoms with Crippen LogP contribution in [0.2, 0.25) is 5.02 Å². The van der Waals surface area contributed by atoms with Gasteiger partial charge in [-0.25, -0.2) is 4.98 Å². The molecule has 1 fully saturated rings. The van der Waals surface area contributed by atoms with Gasteiger partial charge in [-0.15, -0.1) is 0 Å². The molecule has 4 nitrogen and oxygen atoms in total. The molecule has 0 aromatic carbocycles. The molecule has 96 valence electrons. The molecule has 1 aromatic heterocycles. The first-order valence-corrected chi connectivity index (χ1v) is 6.28. The van der Waals surface area contributed by atoms with Crippen LogP contribution in [0.4, 0.5) is 5.82 Å². The number of hydrogen-bond donors (Lipinski definition) is 0. The van der Waals surface area contributed by atoms with Crippen LogP contribution in [-0.2, 0) is 4.74 Å². The molecule has 18 heavy (non-hydrogen) atoms. The average Bonchev–Trinajstić information content (AvgIpc) is 2.26. The summed E-state index contributed by atoms with van der Waals surface area (Å²) < 4.78 is 5.84. The second-order valence-corrected chi connectivity index (χ2v) is 5.55. The Morgan fingerprint density at radius 3 is 2.94 bits per heavy atom. The van der Waals surface area contributed by atoms with E-state index in [4.69, 9.17) is 21.6 Å². The fourth-order valence-corrected chi connectivity index (χ4v) is 2.63. The van der Waals surface area contributed by atoms with Gasteiger partial charge in [0.05, 0.1) is 17.3 Å². The van der Waals surface area contributed by atoms with Crippen LogP contribution in [0, 0.1) is 11.3 Å². The predicted octanol–water partition coefficient (Wildman–Crippen LogP) is 2.61. The third-order valence-corrected chi connectivity index (χ3v) is 3.23. The van der Waals surface area contributed by atoms with E-state index in [9.17, 15) is 0 Å². The molecule has 5 heteroatoms. The molecule has 2 heterocycles. The minimum Gasteiger partial charge on any atom is -0.369 e. The van der Waals surface area contributed by atoms with E-state index in [0.29, 0.717) is 22.9 Å². The lowest BCUT2D eigenvalue weighted by atomic mass is 10.1. The molecule has 0 N–H and O–H groups in total. The number of nitriles is 1. The smallest absolute Gasteiger partial charge is 0.148 e. The van der Waals surface area contributed by atoms with Crippen molar-refractivity contribution < 1.29 is 4.74 Å². The van der Waals surface area contributed by atoms with Crippen LogP contribution < -0.4 is 4.90 Å². The predicted molar refractivity (Wildman–Crippen MR) is 70.8 cm³/mol. The van der Waals surface area contributed by atoms with E-state index in [2.05, 4.69) is 16.0 Å². The van der Waals surface area contributed by atoms with Crippen LogP contribution in [-0.4, -0.2) is 29.8 Å². The van der Waals surface area contributed by atoms with Crippen molar-refractivity contribution in [2.75, 3.05) is 18.0 Å². The van der Waals surface area contributed by atoms with Gasteiger partial charge >= 0.3 is 0 Å². The summed E-state index contributed by atoms with van der Waals surface area (Å²) in [7, 11) is 0. The summed E-state index contributed by atoms with van der Waals surface area (Å²) in [6, 6.07) is 3.70. The minimum atomic E-state index is -0.245. The molecule has 1 unspecified atom stereocenters. The lowest BCUT2D eigenvalue weighted by molar-refractivity contribution is -0.0751. The SMILES string of the molecule is CC1CN(c2nccc(C#N)c2Cl)CC(C)(C)O1. The molecule has 1 saturated heterocycles. The molecular weight excluding hydrogens is 250 g/mol. The first-order chi connectivity index (χ1) is 8.43. The summed E-state index contributed by atoms with van der Waals surface area (Å²) in [5.74, 6) is 0.666. The van der Waals surface area contributed by atoms with Crippen LogP contribution in [0.5, 0.6) is 0 Å². The highest BCUT2D eigenvalue weighted by Crippen LogP contribution is 2.31. The number of halogens is 1. The van der Waals surface area contributed by atoms with E-state index in [1.807, 2.05) is 20.8 Å². The average molecular weight is 266 g/mol. The number of pyridine rings is 1. The van der Waals surface area contributed by atoms with Gasteiger partial charge in [0.2, 0.25) is 0 Å². The van der Waals surface area contributed by atoms with Crippen molar-refractivity contribution in [3.05, 3.63) is 22.8 Å². The zero-order valence-electron chi connectivity index (χ0n) is 10.8. The van der Waals surface area contributed by atoms with Gasteiger partial charge < -0.3 is 9.64 Å². The van der Waals surface area contributed by atoms with Crippen LogP contribution in [0.1, 0.15) is 26.3 Å². The summed E-state index contributed by atoms with van der Waals surface area (Å²) in [6.07, 6.45) is 1.73. The molecule has 1 aliphatic rings. The van der Waals surface area contributed by atoms with E-state index < -0.39 is 0 Å². The van der Waals surface area contributed by atoms with Gasteiger partial charge in [0, 0.05) is 19.3 Å². The number of nitrogens with zero attached hydrogens (tertiary/aromatic N) is 3. The molecule has 0 amide bonds. The molecule has 0 spiro atoms. The topological polar surface area (TPSA) is 49.2 Å². The highest BCUT2D eigenvalue weighted by atomic mass is 35.5. The summed E-state index contributed by atoms with van der Waals surface area (Å²) >= 11 is 6.22. The third-order valence-electron chi connectivity index (χ3n) is 2.86. The van der Waals surface area contributed by atoms with Gasteiger partial charge in [-0.05, 0) is 26.8 Å². The van der Waals surface area contributed by atoms with Gasteiger partial charge in [0.25, 0.3) is 0 Å². The van der Waals surface area contributed by atoms with Crippen molar-refractivity contribution in [2.24, 2.45) is 0 Å². The maximum atomic E-state index is 8.99.